The number of rotatable bonds is 6. The predicted molar refractivity (Wildman–Crippen MR) is 103 cm³/mol. The van der Waals surface area contributed by atoms with E-state index in [-0.39, 0.29) is 5.75 Å². The van der Waals surface area contributed by atoms with E-state index in [4.69, 9.17) is 16.3 Å². The van der Waals surface area contributed by atoms with Crippen molar-refractivity contribution in [2.45, 2.75) is 13.0 Å². The molecule has 2 aromatic carbocycles. The average Bonchev–Trinajstić information content (AvgIpc) is 2.61. The van der Waals surface area contributed by atoms with Crippen molar-refractivity contribution < 1.29 is 9.84 Å². The number of nitrogens with one attached hydrogen (secondary N) is 1. The number of ether oxygens (including phenoxy) is 1. The van der Waals surface area contributed by atoms with Gasteiger partial charge in [-0.15, -0.1) is 0 Å². The number of benzene rings is 2. The molecule has 0 aliphatic heterocycles. The fourth-order valence-corrected chi connectivity index (χ4v) is 2.64. The standard InChI is InChI=1S/C19H24ClN3O2/c1-21-19(23(2)13-14-4-7-16(20)8-5-14)22-11-10-15-6-9-17(25-3)12-18(15)24/h4-9,12,24H,10-11,13H2,1-3H3,(H,21,22). The molecule has 2 aromatic rings. The topological polar surface area (TPSA) is 57.1 Å². The highest BCUT2D eigenvalue weighted by Crippen LogP contribution is 2.23. The summed E-state index contributed by atoms with van der Waals surface area (Å²) in [5.41, 5.74) is 2.02. The van der Waals surface area contributed by atoms with Crippen molar-refractivity contribution in [3.8, 4) is 11.5 Å². The van der Waals surface area contributed by atoms with Crippen LogP contribution >= 0.6 is 11.6 Å². The lowest BCUT2D eigenvalue weighted by Crippen LogP contribution is -2.39. The predicted octanol–water partition coefficient (Wildman–Crippen LogP) is 3.30. The van der Waals surface area contributed by atoms with Crippen molar-refractivity contribution in [1.29, 1.82) is 0 Å². The van der Waals surface area contributed by atoms with Crippen LogP contribution in [-0.4, -0.2) is 43.7 Å². The van der Waals surface area contributed by atoms with Gasteiger partial charge in [-0.1, -0.05) is 29.8 Å². The van der Waals surface area contributed by atoms with Crippen LogP contribution in [0.4, 0.5) is 0 Å². The molecule has 0 aliphatic rings. The molecule has 0 fully saturated rings. The van der Waals surface area contributed by atoms with Gasteiger partial charge in [-0.2, -0.15) is 0 Å². The summed E-state index contributed by atoms with van der Waals surface area (Å²) in [5, 5.41) is 14.1. The molecule has 0 saturated carbocycles. The number of phenols is 1. The van der Waals surface area contributed by atoms with Crippen LogP contribution in [0.1, 0.15) is 11.1 Å². The highest BCUT2D eigenvalue weighted by molar-refractivity contribution is 6.30. The highest BCUT2D eigenvalue weighted by atomic mass is 35.5. The second-order valence-electron chi connectivity index (χ2n) is 5.70. The Balaban J connectivity index is 1.88. The van der Waals surface area contributed by atoms with Crippen LogP contribution in [0.25, 0.3) is 0 Å². The van der Waals surface area contributed by atoms with Gasteiger partial charge in [0.15, 0.2) is 5.96 Å². The maximum Gasteiger partial charge on any atom is 0.193 e. The van der Waals surface area contributed by atoms with Crippen molar-refractivity contribution >= 4 is 17.6 Å². The number of hydrogen-bond acceptors (Lipinski definition) is 3. The summed E-state index contributed by atoms with van der Waals surface area (Å²) >= 11 is 5.92. The number of aliphatic imine (C=N–C) groups is 1. The van der Waals surface area contributed by atoms with Gasteiger partial charge in [0.25, 0.3) is 0 Å². The average molecular weight is 362 g/mol. The smallest absolute Gasteiger partial charge is 0.193 e. The third kappa shape index (κ3) is 5.57. The van der Waals surface area contributed by atoms with Crippen molar-refractivity contribution in [2.75, 3.05) is 27.7 Å². The van der Waals surface area contributed by atoms with E-state index >= 15 is 0 Å². The van der Waals surface area contributed by atoms with Crippen LogP contribution in [0.3, 0.4) is 0 Å². The van der Waals surface area contributed by atoms with Crippen molar-refractivity contribution in [1.82, 2.24) is 10.2 Å². The molecule has 6 heteroatoms. The zero-order valence-electron chi connectivity index (χ0n) is 14.8. The monoisotopic (exact) mass is 361 g/mol. The van der Waals surface area contributed by atoms with Crippen LogP contribution in [0.15, 0.2) is 47.5 Å². The van der Waals surface area contributed by atoms with Crippen molar-refractivity contribution in [2.24, 2.45) is 4.99 Å². The first-order chi connectivity index (χ1) is 12.0. The van der Waals surface area contributed by atoms with Crippen LogP contribution in [-0.2, 0) is 13.0 Å². The van der Waals surface area contributed by atoms with E-state index in [9.17, 15) is 5.11 Å². The molecule has 0 radical (unpaired) electrons. The van der Waals surface area contributed by atoms with E-state index in [2.05, 4.69) is 10.3 Å². The first kappa shape index (κ1) is 18.9. The molecule has 134 valence electrons. The third-order valence-corrected chi connectivity index (χ3v) is 4.13. The van der Waals surface area contributed by atoms with Crippen LogP contribution < -0.4 is 10.1 Å². The Morgan fingerprint density at radius 3 is 2.56 bits per heavy atom. The second-order valence-corrected chi connectivity index (χ2v) is 6.14. The molecular weight excluding hydrogens is 338 g/mol. The van der Waals surface area contributed by atoms with Gasteiger partial charge in [0.1, 0.15) is 11.5 Å². The SMILES string of the molecule is CN=C(NCCc1ccc(OC)cc1O)N(C)Cc1ccc(Cl)cc1. The molecule has 2 rings (SSSR count). The van der Waals surface area contributed by atoms with Crippen molar-refractivity contribution in [3.63, 3.8) is 0 Å². The lowest BCUT2D eigenvalue weighted by molar-refractivity contribution is 0.406. The van der Waals surface area contributed by atoms with E-state index in [0.29, 0.717) is 18.7 Å². The van der Waals surface area contributed by atoms with Gasteiger partial charge in [-0.05, 0) is 35.7 Å². The number of hydrogen-bond donors (Lipinski definition) is 2. The van der Waals surface area contributed by atoms with Gasteiger partial charge in [-0.25, -0.2) is 0 Å². The zero-order valence-corrected chi connectivity index (χ0v) is 15.5. The largest absolute Gasteiger partial charge is 0.508 e. The van der Waals surface area contributed by atoms with Crippen molar-refractivity contribution in [3.05, 3.63) is 58.6 Å². The van der Waals surface area contributed by atoms with E-state index < -0.39 is 0 Å². The Kier molecular flexibility index (Phi) is 6.95. The minimum atomic E-state index is 0.241. The number of nitrogens with zero attached hydrogens (tertiary/aromatic N) is 2. The summed E-state index contributed by atoms with van der Waals surface area (Å²) in [7, 11) is 5.32. The summed E-state index contributed by atoms with van der Waals surface area (Å²) in [6, 6.07) is 13.1. The highest BCUT2D eigenvalue weighted by Gasteiger charge is 2.08. The van der Waals surface area contributed by atoms with Gasteiger partial charge in [-0.3, -0.25) is 4.99 Å². The molecular formula is C19H24ClN3O2. The number of halogens is 1. The van der Waals surface area contributed by atoms with Crippen LogP contribution in [0.5, 0.6) is 11.5 Å². The fraction of sp³-hybridized carbons (Fsp3) is 0.316. The second kappa shape index (κ2) is 9.18. The number of guanidine groups is 1. The molecule has 5 nitrogen and oxygen atoms in total. The molecule has 0 unspecified atom stereocenters. The minimum Gasteiger partial charge on any atom is -0.508 e. The first-order valence-corrected chi connectivity index (χ1v) is 8.43. The number of aromatic hydroxyl groups is 1. The molecule has 2 N–H and O–H groups in total. The molecule has 0 aliphatic carbocycles. The Bertz CT molecular complexity index is 717. The van der Waals surface area contributed by atoms with Crippen LogP contribution in [0.2, 0.25) is 5.02 Å². The fourth-order valence-electron chi connectivity index (χ4n) is 2.51. The van der Waals surface area contributed by atoms with Crippen LogP contribution in [0, 0.1) is 0 Å². The molecule has 25 heavy (non-hydrogen) atoms. The molecule has 0 atom stereocenters. The van der Waals surface area contributed by atoms with E-state index in [1.165, 1.54) is 0 Å². The van der Waals surface area contributed by atoms with Gasteiger partial charge in [0.2, 0.25) is 0 Å². The third-order valence-electron chi connectivity index (χ3n) is 3.88. The molecule has 0 saturated heterocycles. The normalized spacial score (nSPS) is 11.3. The maximum absolute atomic E-state index is 10.0. The van der Waals surface area contributed by atoms with E-state index in [1.807, 2.05) is 48.3 Å². The van der Waals surface area contributed by atoms with Gasteiger partial charge >= 0.3 is 0 Å². The van der Waals surface area contributed by atoms with Gasteiger partial charge < -0.3 is 20.1 Å². The van der Waals surface area contributed by atoms with E-state index in [1.54, 1.807) is 20.2 Å². The number of phenolic OH excluding ortho intramolecular Hbond substituents is 1. The first-order valence-electron chi connectivity index (χ1n) is 8.05. The minimum absolute atomic E-state index is 0.241. The Hall–Kier alpha value is -2.40. The lowest BCUT2D eigenvalue weighted by atomic mass is 10.1. The molecule has 0 aromatic heterocycles. The van der Waals surface area contributed by atoms with Gasteiger partial charge in [0.05, 0.1) is 7.11 Å². The molecule has 0 amide bonds. The summed E-state index contributed by atoms with van der Waals surface area (Å²) in [6.07, 6.45) is 0.684. The Labute approximate surface area is 153 Å². The molecule has 0 heterocycles. The quantitative estimate of drug-likeness (QED) is 0.612. The van der Waals surface area contributed by atoms with E-state index in [0.717, 1.165) is 28.7 Å². The Morgan fingerprint density at radius 1 is 1.24 bits per heavy atom. The maximum atomic E-state index is 10.0. The number of methoxy groups -OCH3 is 1. The summed E-state index contributed by atoms with van der Waals surface area (Å²) in [5.74, 6) is 1.68. The Morgan fingerprint density at radius 2 is 1.96 bits per heavy atom. The molecule has 0 bridgehead atoms. The summed E-state index contributed by atoms with van der Waals surface area (Å²) < 4.78 is 5.10. The van der Waals surface area contributed by atoms with Gasteiger partial charge in [0, 0.05) is 38.3 Å². The summed E-state index contributed by atoms with van der Waals surface area (Å²) in [6.45, 7) is 1.39. The molecule has 0 spiro atoms. The summed E-state index contributed by atoms with van der Waals surface area (Å²) in [4.78, 5) is 6.34. The lowest BCUT2D eigenvalue weighted by Gasteiger charge is -2.22. The zero-order chi connectivity index (χ0) is 18.2.